The average Bonchev–Trinajstić information content (AvgIpc) is 2.82. The van der Waals surface area contributed by atoms with Crippen molar-refractivity contribution in [1.29, 1.82) is 0 Å². The summed E-state index contributed by atoms with van der Waals surface area (Å²) in [5.41, 5.74) is 8.90. The number of aromatic nitrogens is 1. The lowest BCUT2D eigenvalue weighted by Gasteiger charge is -2.19. The maximum Gasteiger partial charge on any atom is 0.0951 e. The Morgan fingerprint density at radius 1 is 1.12 bits per heavy atom. The zero-order chi connectivity index (χ0) is 11.0. The Hall–Kier alpha value is -1.77. The van der Waals surface area contributed by atoms with Crippen molar-refractivity contribution in [2.75, 3.05) is 23.7 Å². The van der Waals surface area contributed by atoms with Crippen molar-refractivity contribution in [2.24, 2.45) is 0 Å². The topological polar surface area (TPSA) is 42.1 Å². The van der Waals surface area contributed by atoms with Crippen LogP contribution >= 0.6 is 0 Å². The Kier molecular flexibility index (Phi) is 2.17. The minimum atomic E-state index is 0.763. The molecule has 0 radical (unpaired) electrons. The SMILES string of the molecule is Nc1cccc2c(N3CCCC3)ccnc12. The molecule has 0 saturated carbocycles. The highest BCUT2D eigenvalue weighted by molar-refractivity contribution is 5.98. The van der Waals surface area contributed by atoms with E-state index in [0.29, 0.717) is 0 Å². The molecule has 0 spiro atoms. The van der Waals surface area contributed by atoms with Crippen molar-refractivity contribution in [1.82, 2.24) is 4.98 Å². The van der Waals surface area contributed by atoms with Crippen LogP contribution in [-0.2, 0) is 0 Å². The normalized spacial score (nSPS) is 15.9. The van der Waals surface area contributed by atoms with Gasteiger partial charge in [-0.05, 0) is 25.0 Å². The van der Waals surface area contributed by atoms with Crippen LogP contribution in [0.4, 0.5) is 11.4 Å². The minimum Gasteiger partial charge on any atom is -0.397 e. The van der Waals surface area contributed by atoms with Crippen LogP contribution in [0, 0.1) is 0 Å². The molecule has 0 atom stereocenters. The molecule has 0 aliphatic carbocycles. The molecule has 0 bridgehead atoms. The molecule has 2 heterocycles. The molecule has 16 heavy (non-hydrogen) atoms. The summed E-state index contributed by atoms with van der Waals surface area (Å²) in [6.07, 6.45) is 4.42. The first-order valence-corrected chi connectivity index (χ1v) is 5.74. The van der Waals surface area contributed by atoms with E-state index in [-0.39, 0.29) is 0 Å². The number of nitrogen functional groups attached to an aromatic ring is 1. The second-order valence-corrected chi connectivity index (χ2v) is 4.27. The molecule has 1 saturated heterocycles. The number of rotatable bonds is 1. The molecule has 1 aliphatic rings. The van der Waals surface area contributed by atoms with Crippen molar-refractivity contribution in [2.45, 2.75) is 12.8 Å². The number of nitrogens with two attached hydrogens (primary N) is 1. The van der Waals surface area contributed by atoms with Crippen molar-refractivity contribution in [3.8, 4) is 0 Å². The van der Waals surface area contributed by atoms with Gasteiger partial charge in [-0.2, -0.15) is 0 Å². The van der Waals surface area contributed by atoms with Gasteiger partial charge in [-0.1, -0.05) is 12.1 Å². The lowest BCUT2D eigenvalue weighted by Crippen LogP contribution is -2.17. The summed E-state index contributed by atoms with van der Waals surface area (Å²) in [7, 11) is 0. The third-order valence-corrected chi connectivity index (χ3v) is 3.23. The summed E-state index contributed by atoms with van der Waals surface area (Å²) in [5, 5.41) is 1.17. The molecule has 2 aromatic rings. The van der Waals surface area contributed by atoms with Crippen molar-refractivity contribution < 1.29 is 0 Å². The van der Waals surface area contributed by atoms with Gasteiger partial charge in [-0.25, -0.2) is 0 Å². The summed E-state index contributed by atoms with van der Waals surface area (Å²) in [5.74, 6) is 0. The first kappa shape index (κ1) is 9.46. The lowest BCUT2D eigenvalue weighted by atomic mass is 10.1. The molecule has 1 fully saturated rings. The molecule has 1 aliphatic heterocycles. The van der Waals surface area contributed by atoms with Gasteiger partial charge in [0.15, 0.2) is 0 Å². The highest BCUT2D eigenvalue weighted by Crippen LogP contribution is 2.30. The van der Waals surface area contributed by atoms with E-state index in [1.165, 1.54) is 23.9 Å². The number of hydrogen-bond acceptors (Lipinski definition) is 3. The number of para-hydroxylation sites is 1. The van der Waals surface area contributed by atoms with E-state index < -0.39 is 0 Å². The molecule has 3 heteroatoms. The van der Waals surface area contributed by atoms with Gasteiger partial charge in [0.1, 0.15) is 0 Å². The maximum atomic E-state index is 5.94. The molecule has 82 valence electrons. The number of nitrogens with zero attached hydrogens (tertiary/aromatic N) is 2. The second kappa shape index (κ2) is 3.67. The van der Waals surface area contributed by atoms with Crippen LogP contribution in [0.2, 0.25) is 0 Å². The number of hydrogen-bond donors (Lipinski definition) is 1. The number of benzene rings is 1. The van der Waals surface area contributed by atoms with Gasteiger partial charge in [-0.3, -0.25) is 4.98 Å². The van der Waals surface area contributed by atoms with Crippen molar-refractivity contribution in [3.05, 3.63) is 30.5 Å². The number of fused-ring (bicyclic) bond motifs is 1. The zero-order valence-corrected chi connectivity index (χ0v) is 9.19. The molecule has 1 aromatic carbocycles. The van der Waals surface area contributed by atoms with Crippen LogP contribution in [0.1, 0.15) is 12.8 Å². The third kappa shape index (κ3) is 1.40. The summed E-state index contributed by atoms with van der Waals surface area (Å²) >= 11 is 0. The Bertz CT molecular complexity index is 516. The van der Waals surface area contributed by atoms with Crippen molar-refractivity contribution >= 4 is 22.3 Å². The van der Waals surface area contributed by atoms with Crippen LogP contribution in [0.5, 0.6) is 0 Å². The van der Waals surface area contributed by atoms with E-state index in [0.717, 1.165) is 24.3 Å². The molecule has 0 amide bonds. The Morgan fingerprint density at radius 2 is 1.94 bits per heavy atom. The minimum absolute atomic E-state index is 0.763. The van der Waals surface area contributed by atoms with Gasteiger partial charge in [0.05, 0.1) is 11.2 Å². The fourth-order valence-corrected chi connectivity index (χ4v) is 2.42. The fraction of sp³-hybridized carbons (Fsp3) is 0.308. The molecular formula is C13H15N3. The van der Waals surface area contributed by atoms with E-state index in [9.17, 15) is 0 Å². The maximum absolute atomic E-state index is 5.94. The molecular weight excluding hydrogens is 198 g/mol. The van der Waals surface area contributed by atoms with Crippen LogP contribution in [0.3, 0.4) is 0 Å². The molecule has 0 unspecified atom stereocenters. The monoisotopic (exact) mass is 213 g/mol. The summed E-state index contributed by atoms with van der Waals surface area (Å²) in [6.45, 7) is 2.29. The van der Waals surface area contributed by atoms with E-state index in [4.69, 9.17) is 5.73 Å². The highest BCUT2D eigenvalue weighted by Gasteiger charge is 2.15. The van der Waals surface area contributed by atoms with E-state index in [1.54, 1.807) is 0 Å². The van der Waals surface area contributed by atoms with Gasteiger partial charge in [0.25, 0.3) is 0 Å². The highest BCUT2D eigenvalue weighted by atomic mass is 15.1. The molecule has 2 N–H and O–H groups in total. The largest absolute Gasteiger partial charge is 0.397 e. The van der Waals surface area contributed by atoms with Crippen LogP contribution in [-0.4, -0.2) is 18.1 Å². The third-order valence-electron chi connectivity index (χ3n) is 3.23. The first-order valence-electron chi connectivity index (χ1n) is 5.74. The lowest BCUT2D eigenvalue weighted by molar-refractivity contribution is 0.949. The first-order chi connectivity index (χ1) is 7.86. The molecule has 3 rings (SSSR count). The van der Waals surface area contributed by atoms with Crippen LogP contribution in [0.15, 0.2) is 30.5 Å². The van der Waals surface area contributed by atoms with Crippen molar-refractivity contribution in [3.63, 3.8) is 0 Å². The summed E-state index contributed by atoms with van der Waals surface area (Å²) in [6, 6.07) is 8.10. The predicted molar refractivity (Wildman–Crippen MR) is 67.6 cm³/mol. The van der Waals surface area contributed by atoms with E-state index in [2.05, 4.69) is 22.0 Å². The Balaban J connectivity index is 2.20. The molecule has 1 aromatic heterocycles. The van der Waals surface area contributed by atoms with E-state index >= 15 is 0 Å². The molecule has 3 nitrogen and oxygen atoms in total. The van der Waals surface area contributed by atoms with Crippen LogP contribution < -0.4 is 10.6 Å². The smallest absolute Gasteiger partial charge is 0.0951 e. The van der Waals surface area contributed by atoms with Gasteiger partial charge in [-0.15, -0.1) is 0 Å². The quantitative estimate of drug-likeness (QED) is 0.740. The number of anilines is 2. The standard InChI is InChI=1S/C13H15N3/c14-11-5-3-4-10-12(6-7-15-13(10)11)16-8-1-2-9-16/h3-7H,1-2,8-9,14H2. The van der Waals surface area contributed by atoms with Gasteiger partial charge in [0.2, 0.25) is 0 Å². The summed E-state index contributed by atoms with van der Waals surface area (Å²) in [4.78, 5) is 6.78. The fourth-order valence-electron chi connectivity index (χ4n) is 2.42. The summed E-state index contributed by atoms with van der Waals surface area (Å²) < 4.78 is 0. The Labute approximate surface area is 94.9 Å². The van der Waals surface area contributed by atoms with E-state index in [1.807, 2.05) is 18.3 Å². The van der Waals surface area contributed by atoms with Gasteiger partial charge < -0.3 is 10.6 Å². The number of pyridine rings is 1. The van der Waals surface area contributed by atoms with Crippen LogP contribution in [0.25, 0.3) is 10.9 Å². The van der Waals surface area contributed by atoms with Gasteiger partial charge in [0, 0.05) is 30.4 Å². The Morgan fingerprint density at radius 3 is 2.75 bits per heavy atom. The van der Waals surface area contributed by atoms with Gasteiger partial charge >= 0.3 is 0 Å². The average molecular weight is 213 g/mol. The second-order valence-electron chi connectivity index (χ2n) is 4.27. The zero-order valence-electron chi connectivity index (χ0n) is 9.19. The predicted octanol–water partition coefficient (Wildman–Crippen LogP) is 2.42.